The normalized spacial score (nSPS) is 34.0. The number of halogens is 2. The van der Waals surface area contributed by atoms with Gasteiger partial charge in [0.2, 0.25) is 0 Å². The van der Waals surface area contributed by atoms with Crippen LogP contribution in [0.4, 0.5) is 8.78 Å². The predicted octanol–water partition coefficient (Wildman–Crippen LogP) is 3.64. The molecule has 126 valence electrons. The molecule has 3 nitrogen and oxygen atoms in total. The lowest BCUT2D eigenvalue weighted by atomic mass is 9.88. The van der Waals surface area contributed by atoms with Crippen LogP contribution in [0.15, 0.2) is 42.5 Å². The summed E-state index contributed by atoms with van der Waals surface area (Å²) in [6, 6.07) is 8.60. The summed E-state index contributed by atoms with van der Waals surface area (Å²) >= 11 is 0. The van der Waals surface area contributed by atoms with Gasteiger partial charge in [0.05, 0.1) is 6.10 Å². The van der Waals surface area contributed by atoms with Crippen LogP contribution in [0.5, 0.6) is 5.75 Å². The molecule has 5 atom stereocenters. The number of aliphatic hydroxyl groups excluding tert-OH is 1. The zero-order chi connectivity index (χ0) is 16.4. The van der Waals surface area contributed by atoms with Gasteiger partial charge in [0.25, 0.3) is 5.92 Å². The first-order valence-electron chi connectivity index (χ1n) is 8.03. The van der Waals surface area contributed by atoms with Crippen LogP contribution in [-0.2, 0) is 4.74 Å². The third-order valence-electron chi connectivity index (χ3n) is 4.78. The molecule has 0 amide bonds. The van der Waals surface area contributed by atoms with Gasteiger partial charge in [0, 0.05) is 6.42 Å². The van der Waals surface area contributed by atoms with Crippen LogP contribution < -0.4 is 4.74 Å². The van der Waals surface area contributed by atoms with Crippen molar-refractivity contribution in [1.82, 2.24) is 0 Å². The van der Waals surface area contributed by atoms with Crippen LogP contribution >= 0.6 is 0 Å². The highest BCUT2D eigenvalue weighted by Gasteiger charge is 2.46. The van der Waals surface area contributed by atoms with Crippen molar-refractivity contribution < 1.29 is 23.4 Å². The molecule has 23 heavy (non-hydrogen) atoms. The first-order valence-corrected chi connectivity index (χ1v) is 8.03. The first kappa shape index (κ1) is 16.4. The van der Waals surface area contributed by atoms with Gasteiger partial charge in [-0.15, -0.1) is 0 Å². The molecular weight excluding hydrogens is 302 g/mol. The van der Waals surface area contributed by atoms with E-state index in [1.807, 2.05) is 6.92 Å². The van der Waals surface area contributed by atoms with Gasteiger partial charge in [-0.25, -0.2) is 0 Å². The smallest absolute Gasteiger partial charge is 0.299 e. The Hall–Kier alpha value is -1.46. The van der Waals surface area contributed by atoms with E-state index in [1.54, 1.807) is 36.4 Å². The van der Waals surface area contributed by atoms with Crippen LogP contribution in [-0.4, -0.2) is 30.0 Å². The number of hydrogen-bond donors (Lipinski definition) is 1. The second kappa shape index (κ2) is 6.57. The van der Waals surface area contributed by atoms with Crippen molar-refractivity contribution in [1.29, 1.82) is 0 Å². The monoisotopic (exact) mass is 324 g/mol. The molecule has 2 unspecified atom stereocenters. The minimum absolute atomic E-state index is 0.0103. The number of para-hydroxylation sites is 1. The molecule has 0 spiro atoms. The predicted molar refractivity (Wildman–Crippen MR) is 82.3 cm³/mol. The molecule has 1 aromatic carbocycles. The molecule has 2 aliphatic rings. The molecule has 0 aromatic heterocycles. The largest absolute Gasteiger partial charge is 0.487 e. The van der Waals surface area contributed by atoms with Crippen LogP contribution in [0, 0.1) is 17.8 Å². The molecule has 1 heterocycles. The Morgan fingerprint density at radius 1 is 1.30 bits per heavy atom. The Morgan fingerprint density at radius 2 is 2.04 bits per heavy atom. The Balaban J connectivity index is 1.59. The maximum atomic E-state index is 14.0. The van der Waals surface area contributed by atoms with E-state index in [-0.39, 0.29) is 23.9 Å². The Morgan fingerprint density at radius 3 is 2.78 bits per heavy atom. The number of rotatable bonds is 5. The first-order chi connectivity index (χ1) is 10.9. The highest BCUT2D eigenvalue weighted by atomic mass is 19.3. The van der Waals surface area contributed by atoms with Crippen molar-refractivity contribution >= 4 is 0 Å². The van der Waals surface area contributed by atoms with E-state index >= 15 is 0 Å². The number of hydrogen-bond acceptors (Lipinski definition) is 3. The average Bonchev–Trinajstić information content (AvgIpc) is 2.99. The Kier molecular flexibility index (Phi) is 4.69. The number of alkyl halides is 2. The quantitative estimate of drug-likeness (QED) is 0.841. The maximum Gasteiger partial charge on any atom is 0.299 e. The van der Waals surface area contributed by atoms with E-state index in [4.69, 9.17) is 9.47 Å². The van der Waals surface area contributed by atoms with Crippen LogP contribution in [0.25, 0.3) is 0 Å². The van der Waals surface area contributed by atoms with Gasteiger partial charge in [-0.1, -0.05) is 31.2 Å². The summed E-state index contributed by atoms with van der Waals surface area (Å²) in [6.07, 6.45) is 3.10. The van der Waals surface area contributed by atoms with E-state index in [0.717, 1.165) is 12.5 Å². The lowest BCUT2D eigenvalue weighted by Gasteiger charge is -2.19. The fraction of sp³-hybridized carbons (Fsp3) is 0.556. The summed E-state index contributed by atoms with van der Waals surface area (Å²) in [5, 5.41) is 9.56. The van der Waals surface area contributed by atoms with Gasteiger partial charge in [0.15, 0.2) is 12.9 Å². The highest BCUT2D eigenvalue weighted by Crippen LogP contribution is 2.46. The van der Waals surface area contributed by atoms with Crippen LogP contribution in [0.2, 0.25) is 0 Å². The molecular formula is C18H22F2O3. The maximum absolute atomic E-state index is 14.0. The van der Waals surface area contributed by atoms with Crippen molar-refractivity contribution in [2.75, 3.05) is 6.61 Å². The van der Waals surface area contributed by atoms with Gasteiger partial charge in [-0.2, -0.15) is 8.78 Å². The molecule has 3 rings (SSSR count). The number of ether oxygens (including phenoxy) is 2. The third-order valence-corrected chi connectivity index (χ3v) is 4.78. The SMILES string of the molecule is CC1C[C@@H]2OC(O)C[C@@H]2[C@H]1/C=C/C(F)(F)COc1ccccc1. The van der Waals surface area contributed by atoms with E-state index in [1.165, 1.54) is 0 Å². The zero-order valence-electron chi connectivity index (χ0n) is 13.1. The lowest BCUT2D eigenvalue weighted by molar-refractivity contribution is -0.0922. The summed E-state index contributed by atoms with van der Waals surface area (Å²) < 4.78 is 38.6. The van der Waals surface area contributed by atoms with E-state index in [9.17, 15) is 13.9 Å². The van der Waals surface area contributed by atoms with Gasteiger partial charge in [-0.3, -0.25) is 0 Å². The minimum atomic E-state index is -3.02. The van der Waals surface area contributed by atoms with Crippen molar-refractivity contribution in [2.45, 2.75) is 38.1 Å². The number of aliphatic hydroxyl groups is 1. The number of fused-ring (bicyclic) bond motifs is 1. The third kappa shape index (κ3) is 3.90. The van der Waals surface area contributed by atoms with Gasteiger partial charge in [-0.05, 0) is 42.4 Å². The standard InChI is InChI=1S/C18H22F2O3/c1-12-9-16-15(10-17(21)23-16)14(12)7-8-18(19,20)11-22-13-5-3-2-4-6-13/h2-8,12,14-17,21H,9-11H2,1H3/b8-7+/t12?,14-,15+,16-,17?/m0/s1. The Labute approximate surface area is 134 Å². The fourth-order valence-corrected chi connectivity index (χ4v) is 3.65. The van der Waals surface area contributed by atoms with Crippen molar-refractivity contribution in [3.05, 3.63) is 42.5 Å². The minimum Gasteiger partial charge on any atom is -0.487 e. The summed E-state index contributed by atoms with van der Waals surface area (Å²) in [5.41, 5.74) is 0. The number of allylic oxidation sites excluding steroid dienone is 1. The molecule has 2 fully saturated rings. The summed E-state index contributed by atoms with van der Waals surface area (Å²) in [7, 11) is 0. The average molecular weight is 324 g/mol. The molecule has 1 N–H and O–H groups in total. The number of benzene rings is 1. The second-order valence-electron chi connectivity index (χ2n) is 6.54. The molecule has 1 aromatic rings. The van der Waals surface area contributed by atoms with Gasteiger partial charge < -0.3 is 14.6 Å². The van der Waals surface area contributed by atoms with Crippen molar-refractivity contribution in [3.63, 3.8) is 0 Å². The summed E-state index contributed by atoms with van der Waals surface area (Å²) in [6.45, 7) is 1.36. The Bertz CT molecular complexity index is 546. The van der Waals surface area contributed by atoms with E-state index in [2.05, 4.69) is 0 Å². The van der Waals surface area contributed by atoms with E-state index < -0.39 is 18.8 Å². The van der Waals surface area contributed by atoms with Crippen LogP contribution in [0.1, 0.15) is 19.8 Å². The summed E-state index contributed by atoms with van der Waals surface area (Å²) in [5.74, 6) is -2.17. The zero-order valence-corrected chi connectivity index (χ0v) is 13.1. The highest BCUT2D eigenvalue weighted by molar-refractivity contribution is 5.21. The molecule has 5 heteroatoms. The molecule has 1 aliphatic heterocycles. The molecule has 1 saturated carbocycles. The summed E-state index contributed by atoms with van der Waals surface area (Å²) in [4.78, 5) is 0. The molecule has 1 aliphatic carbocycles. The molecule has 0 bridgehead atoms. The van der Waals surface area contributed by atoms with Crippen LogP contribution in [0.3, 0.4) is 0 Å². The molecule has 0 radical (unpaired) electrons. The topological polar surface area (TPSA) is 38.7 Å². The van der Waals surface area contributed by atoms with Crippen molar-refractivity contribution in [3.8, 4) is 5.75 Å². The fourth-order valence-electron chi connectivity index (χ4n) is 3.65. The molecule has 1 saturated heterocycles. The van der Waals surface area contributed by atoms with Crippen molar-refractivity contribution in [2.24, 2.45) is 17.8 Å². The lowest BCUT2D eigenvalue weighted by Crippen LogP contribution is -2.24. The second-order valence-corrected chi connectivity index (χ2v) is 6.54. The van der Waals surface area contributed by atoms with Gasteiger partial charge in [0.1, 0.15) is 5.75 Å². The van der Waals surface area contributed by atoms with Gasteiger partial charge >= 0.3 is 0 Å². The van der Waals surface area contributed by atoms with E-state index in [0.29, 0.717) is 12.2 Å².